The number of carbonyl (C=O) groups is 1. The van der Waals surface area contributed by atoms with Crippen LogP contribution in [-0.4, -0.2) is 24.4 Å². The lowest BCUT2D eigenvalue weighted by Crippen LogP contribution is -2.21. The highest BCUT2D eigenvalue weighted by Crippen LogP contribution is 2.22. The Morgan fingerprint density at radius 1 is 0.960 bits per heavy atom. The summed E-state index contributed by atoms with van der Waals surface area (Å²) in [6, 6.07) is 15.3. The number of benzene rings is 2. The van der Waals surface area contributed by atoms with E-state index in [1.165, 1.54) is 0 Å². The Morgan fingerprint density at radius 2 is 1.32 bits per heavy atom. The molecule has 1 amide bonds. The van der Waals surface area contributed by atoms with Crippen LogP contribution < -0.4 is 10.7 Å². The standard InChI is InChI=1S/C14H10N2O.CHF3O3S/c15-14(17)13-9-5-1-3-7-11(9)16-12-8-4-2-6-10(12)13;2-1(3,4)8(5,6)7/h1-8H,(H2,15,17);(H,5,6,7). The third kappa shape index (κ3) is 4.03. The predicted octanol–water partition coefficient (Wildman–Crippen LogP) is 1.96. The summed E-state index contributed by atoms with van der Waals surface area (Å²) in [5.41, 5.74) is 2.26. The number of hydrogen-bond donors (Lipinski definition) is 1. The Balaban J connectivity index is 0.000000242. The molecule has 10 heteroatoms. The Morgan fingerprint density at radius 3 is 1.64 bits per heavy atom. The number of nitrogens with two attached hydrogens (primary N) is 1. The monoisotopic (exact) mass is 372 g/mol. The molecule has 3 N–H and O–H groups in total. The molecule has 0 bridgehead atoms. The summed E-state index contributed by atoms with van der Waals surface area (Å²) in [4.78, 5) is 14.9. The smallest absolute Gasteiger partial charge is 0.485 e. The molecule has 1 aromatic heterocycles. The molecule has 0 saturated carbocycles. The van der Waals surface area contributed by atoms with Gasteiger partial charge in [-0.2, -0.15) is 13.2 Å². The topological polar surface area (TPSA) is 114 Å². The van der Waals surface area contributed by atoms with Crippen LogP contribution in [0.1, 0.15) is 10.4 Å². The summed E-state index contributed by atoms with van der Waals surface area (Å²) in [7, 11) is -6.09. The number of aromatic nitrogens is 1. The van der Waals surface area contributed by atoms with Gasteiger partial charge in [-0.1, -0.05) is 24.3 Å². The second kappa shape index (κ2) is 6.65. The van der Waals surface area contributed by atoms with Crippen molar-refractivity contribution in [2.45, 2.75) is 5.51 Å². The van der Waals surface area contributed by atoms with E-state index in [1.807, 2.05) is 48.5 Å². The molecule has 0 aliphatic carbocycles. The number of para-hydroxylation sites is 2. The second-order valence-corrected chi connectivity index (χ2v) is 6.23. The normalized spacial score (nSPS) is 11.8. The number of alkyl halides is 3. The third-order valence-electron chi connectivity index (χ3n) is 3.19. The molecule has 0 spiro atoms. The van der Waals surface area contributed by atoms with Crippen molar-refractivity contribution < 1.29 is 35.9 Å². The zero-order valence-corrected chi connectivity index (χ0v) is 13.2. The van der Waals surface area contributed by atoms with Crippen molar-refractivity contribution >= 4 is 37.8 Å². The summed E-state index contributed by atoms with van der Waals surface area (Å²) >= 11 is 0. The van der Waals surface area contributed by atoms with Gasteiger partial charge < -0.3 is 10.3 Å². The van der Waals surface area contributed by atoms with Crippen molar-refractivity contribution in [2.24, 2.45) is 5.73 Å². The highest BCUT2D eigenvalue weighted by atomic mass is 32.2. The van der Waals surface area contributed by atoms with Crippen LogP contribution in [0.4, 0.5) is 13.2 Å². The van der Waals surface area contributed by atoms with Crippen molar-refractivity contribution in [3.8, 4) is 0 Å². The molecule has 132 valence electrons. The van der Waals surface area contributed by atoms with Gasteiger partial charge in [0, 0.05) is 12.1 Å². The van der Waals surface area contributed by atoms with Gasteiger partial charge in [0.15, 0.2) is 10.1 Å². The number of rotatable bonds is 1. The summed E-state index contributed by atoms with van der Waals surface area (Å²) in [5, 5.41) is 1.72. The second-order valence-electron chi connectivity index (χ2n) is 4.86. The van der Waals surface area contributed by atoms with Gasteiger partial charge in [0.1, 0.15) is 0 Å². The highest BCUT2D eigenvalue weighted by Gasteiger charge is 2.36. The Kier molecular flexibility index (Phi) is 4.95. The first-order valence-corrected chi connectivity index (χ1v) is 8.08. The molecule has 0 fully saturated rings. The summed E-state index contributed by atoms with van der Waals surface area (Å²) in [6.45, 7) is 0. The molecule has 25 heavy (non-hydrogen) atoms. The minimum absolute atomic E-state index is 0.397. The van der Waals surface area contributed by atoms with Gasteiger partial charge in [-0.25, -0.2) is 13.4 Å². The van der Waals surface area contributed by atoms with Gasteiger partial charge in [-0.15, -0.1) is 0 Å². The lowest BCUT2D eigenvalue weighted by atomic mass is 10.0. The fourth-order valence-corrected chi connectivity index (χ4v) is 2.18. The number of aromatic amines is 1. The van der Waals surface area contributed by atoms with E-state index in [-0.39, 0.29) is 0 Å². The SMILES string of the molecule is NC(=O)c1c2ccccc2[nH+]c2ccccc12.O=S(=O)([O-])C(F)(F)F. The number of H-pyrrole nitrogens is 1. The molecular formula is C15H11F3N2O4S. The molecule has 6 nitrogen and oxygen atoms in total. The Hall–Kier alpha value is -2.72. The first-order chi connectivity index (χ1) is 11.5. The molecule has 0 saturated heterocycles. The lowest BCUT2D eigenvalue weighted by molar-refractivity contribution is -0.310. The molecule has 3 rings (SSSR count). The first kappa shape index (κ1) is 18.6. The summed E-state index contributed by atoms with van der Waals surface area (Å²) < 4.78 is 58.9. The quantitative estimate of drug-likeness (QED) is 0.399. The van der Waals surface area contributed by atoms with Crippen LogP contribution in [-0.2, 0) is 10.1 Å². The van der Waals surface area contributed by atoms with Crippen molar-refractivity contribution in [1.82, 2.24) is 0 Å². The van der Waals surface area contributed by atoms with Gasteiger partial charge in [0.05, 0.1) is 16.3 Å². The zero-order chi connectivity index (χ0) is 18.8. The van der Waals surface area contributed by atoms with Gasteiger partial charge >= 0.3 is 5.51 Å². The first-order valence-electron chi connectivity index (χ1n) is 6.67. The lowest BCUT2D eigenvalue weighted by Gasteiger charge is -2.08. The van der Waals surface area contributed by atoms with E-state index < -0.39 is 21.5 Å². The van der Waals surface area contributed by atoms with Crippen LogP contribution in [0, 0.1) is 0 Å². The largest absolute Gasteiger partial charge is 0.741 e. The van der Waals surface area contributed by atoms with Gasteiger partial charge in [0.2, 0.25) is 16.9 Å². The van der Waals surface area contributed by atoms with Crippen LogP contribution in [0.15, 0.2) is 48.5 Å². The molecular weight excluding hydrogens is 361 g/mol. The van der Waals surface area contributed by atoms with Gasteiger partial charge in [0.25, 0.3) is 0 Å². The van der Waals surface area contributed by atoms with E-state index in [2.05, 4.69) is 4.98 Å². The average Bonchev–Trinajstić information content (AvgIpc) is 2.50. The molecule has 2 aromatic carbocycles. The number of primary amides is 1. The average molecular weight is 372 g/mol. The van der Waals surface area contributed by atoms with E-state index in [0.29, 0.717) is 5.56 Å². The maximum Gasteiger partial charge on any atom is 0.485 e. The number of halogens is 3. The van der Waals surface area contributed by atoms with Crippen LogP contribution in [0.3, 0.4) is 0 Å². The molecule has 1 heterocycles. The molecule has 3 aromatic rings. The van der Waals surface area contributed by atoms with E-state index in [9.17, 15) is 18.0 Å². The van der Waals surface area contributed by atoms with Gasteiger partial charge in [-0.05, 0) is 12.1 Å². The fraction of sp³-hybridized carbons (Fsp3) is 0.0667. The molecule has 0 unspecified atom stereocenters. The van der Waals surface area contributed by atoms with E-state index in [1.54, 1.807) is 0 Å². The Bertz CT molecular complexity index is 996. The molecule has 0 aliphatic rings. The van der Waals surface area contributed by atoms with E-state index >= 15 is 0 Å². The van der Waals surface area contributed by atoms with Crippen molar-refractivity contribution in [3.05, 3.63) is 54.1 Å². The minimum Gasteiger partial charge on any atom is -0.741 e. The van der Waals surface area contributed by atoms with Crippen molar-refractivity contribution in [3.63, 3.8) is 0 Å². The van der Waals surface area contributed by atoms with Crippen LogP contribution in [0.25, 0.3) is 21.8 Å². The van der Waals surface area contributed by atoms with Gasteiger partial charge in [-0.3, -0.25) is 4.79 Å². The number of carbonyl (C=O) groups excluding carboxylic acids is 1. The number of hydrogen-bond acceptors (Lipinski definition) is 4. The molecule has 0 atom stereocenters. The van der Waals surface area contributed by atoms with Crippen molar-refractivity contribution in [1.29, 1.82) is 0 Å². The van der Waals surface area contributed by atoms with Crippen molar-refractivity contribution in [2.75, 3.05) is 0 Å². The number of fused-ring (bicyclic) bond motifs is 2. The minimum atomic E-state index is -6.09. The maximum absolute atomic E-state index is 11.6. The molecule has 0 aliphatic heterocycles. The van der Waals surface area contributed by atoms with E-state index in [0.717, 1.165) is 21.8 Å². The number of amides is 1. The van der Waals surface area contributed by atoms with E-state index in [4.69, 9.17) is 18.7 Å². The van der Waals surface area contributed by atoms with Crippen LogP contribution in [0.2, 0.25) is 0 Å². The highest BCUT2D eigenvalue weighted by molar-refractivity contribution is 7.86. The third-order valence-corrected chi connectivity index (χ3v) is 3.76. The zero-order valence-electron chi connectivity index (χ0n) is 12.4. The fourth-order valence-electron chi connectivity index (χ4n) is 2.18. The Labute approximate surface area is 139 Å². The van der Waals surface area contributed by atoms with Crippen LogP contribution in [0.5, 0.6) is 0 Å². The number of pyridine rings is 1. The summed E-state index contributed by atoms with van der Waals surface area (Å²) in [6.07, 6.45) is 0. The molecule has 0 radical (unpaired) electrons. The maximum atomic E-state index is 11.6. The summed E-state index contributed by atoms with van der Waals surface area (Å²) in [5.74, 6) is -0.397. The van der Waals surface area contributed by atoms with Crippen LogP contribution >= 0.6 is 0 Å². The predicted molar refractivity (Wildman–Crippen MR) is 82.3 cm³/mol. The number of nitrogens with one attached hydrogen (secondary N) is 1.